The molecule has 0 aromatic heterocycles. The van der Waals surface area contributed by atoms with Gasteiger partial charge in [0.25, 0.3) is 5.91 Å². The zero-order chi connectivity index (χ0) is 19.1. The second kappa shape index (κ2) is 9.46. The number of thioether (sulfide) groups is 1. The highest BCUT2D eigenvalue weighted by Gasteiger charge is 2.18. The van der Waals surface area contributed by atoms with Crippen molar-refractivity contribution in [2.24, 2.45) is 0 Å². The minimum atomic E-state index is -0.534. The molecule has 142 valence electrons. The Kier molecular flexibility index (Phi) is 6.76. The summed E-state index contributed by atoms with van der Waals surface area (Å²) in [5.74, 6) is -0.206. The van der Waals surface area contributed by atoms with Crippen LogP contribution in [-0.2, 0) is 4.74 Å². The number of nitrogens with one attached hydrogen (secondary N) is 2. The summed E-state index contributed by atoms with van der Waals surface area (Å²) in [4.78, 5) is 25.4. The third-order valence-corrected chi connectivity index (χ3v) is 5.79. The highest BCUT2D eigenvalue weighted by atomic mass is 32.2. The van der Waals surface area contributed by atoms with Crippen LogP contribution in [0.5, 0.6) is 0 Å². The van der Waals surface area contributed by atoms with Crippen molar-refractivity contribution in [3.05, 3.63) is 54.1 Å². The minimum Gasteiger partial charge on any atom is -0.450 e. The van der Waals surface area contributed by atoms with Gasteiger partial charge in [0.15, 0.2) is 0 Å². The third kappa shape index (κ3) is 5.50. The molecule has 2 aromatic carbocycles. The average molecular weight is 385 g/mol. The number of amides is 2. The van der Waals surface area contributed by atoms with Crippen LogP contribution in [0.3, 0.4) is 0 Å². The van der Waals surface area contributed by atoms with E-state index in [4.69, 9.17) is 4.74 Å². The smallest absolute Gasteiger partial charge is 0.411 e. The lowest BCUT2D eigenvalue weighted by Gasteiger charge is -2.14. The summed E-state index contributed by atoms with van der Waals surface area (Å²) in [7, 11) is 0. The standard InChI is InChI=1S/C21H24N2O3S/c1-2-26-21(25)22-16-9-7-8-15(14-16)20(24)23-18-12-5-6-13-19(18)27-17-10-3-4-11-17/h5-9,12-14,17H,2-4,10-11H2,1H3,(H,22,25)(H,23,24). The monoisotopic (exact) mass is 384 g/mol. The fourth-order valence-electron chi connectivity index (χ4n) is 3.08. The number of ether oxygens (including phenoxy) is 1. The average Bonchev–Trinajstić information content (AvgIpc) is 3.17. The van der Waals surface area contributed by atoms with Gasteiger partial charge in [0, 0.05) is 21.4 Å². The summed E-state index contributed by atoms with van der Waals surface area (Å²) in [6.07, 6.45) is 4.50. The lowest BCUT2D eigenvalue weighted by molar-refractivity contribution is 0.102. The first-order valence-electron chi connectivity index (χ1n) is 9.26. The van der Waals surface area contributed by atoms with E-state index in [2.05, 4.69) is 16.7 Å². The quantitative estimate of drug-likeness (QED) is 0.686. The van der Waals surface area contributed by atoms with Gasteiger partial charge in [0.1, 0.15) is 0 Å². The van der Waals surface area contributed by atoms with E-state index < -0.39 is 6.09 Å². The van der Waals surface area contributed by atoms with Crippen LogP contribution in [0.15, 0.2) is 53.4 Å². The van der Waals surface area contributed by atoms with Crippen molar-refractivity contribution in [1.29, 1.82) is 0 Å². The Morgan fingerprint density at radius 3 is 2.63 bits per heavy atom. The van der Waals surface area contributed by atoms with Gasteiger partial charge in [0.05, 0.1) is 12.3 Å². The first kappa shape index (κ1) is 19.3. The van der Waals surface area contributed by atoms with Crippen molar-refractivity contribution in [2.75, 3.05) is 17.2 Å². The van der Waals surface area contributed by atoms with E-state index >= 15 is 0 Å². The number of carbonyl (C=O) groups excluding carboxylic acids is 2. The van der Waals surface area contributed by atoms with Crippen molar-refractivity contribution < 1.29 is 14.3 Å². The third-order valence-electron chi connectivity index (χ3n) is 4.38. The van der Waals surface area contributed by atoms with Crippen LogP contribution in [0.25, 0.3) is 0 Å². The van der Waals surface area contributed by atoms with E-state index in [1.165, 1.54) is 25.7 Å². The molecule has 0 radical (unpaired) electrons. The molecule has 5 nitrogen and oxygen atoms in total. The van der Waals surface area contributed by atoms with Gasteiger partial charge in [-0.25, -0.2) is 4.79 Å². The first-order valence-corrected chi connectivity index (χ1v) is 10.1. The van der Waals surface area contributed by atoms with Crippen molar-refractivity contribution in [1.82, 2.24) is 0 Å². The van der Waals surface area contributed by atoms with E-state index in [1.54, 1.807) is 31.2 Å². The Labute approximate surface area is 163 Å². The summed E-state index contributed by atoms with van der Waals surface area (Å²) in [5.41, 5.74) is 1.82. The van der Waals surface area contributed by atoms with Gasteiger partial charge in [-0.2, -0.15) is 0 Å². The van der Waals surface area contributed by atoms with Crippen LogP contribution < -0.4 is 10.6 Å². The lowest BCUT2D eigenvalue weighted by atomic mass is 10.2. The molecule has 3 rings (SSSR count). The molecule has 1 fully saturated rings. The topological polar surface area (TPSA) is 67.4 Å². The molecule has 1 aliphatic rings. The van der Waals surface area contributed by atoms with E-state index in [-0.39, 0.29) is 5.91 Å². The van der Waals surface area contributed by atoms with Gasteiger partial charge in [-0.3, -0.25) is 10.1 Å². The maximum Gasteiger partial charge on any atom is 0.411 e. The van der Waals surface area contributed by atoms with Crippen molar-refractivity contribution in [3.8, 4) is 0 Å². The zero-order valence-electron chi connectivity index (χ0n) is 15.4. The van der Waals surface area contributed by atoms with E-state index in [0.29, 0.717) is 23.1 Å². The molecular weight excluding hydrogens is 360 g/mol. The predicted molar refractivity (Wildman–Crippen MR) is 110 cm³/mol. The van der Waals surface area contributed by atoms with Gasteiger partial charge in [-0.1, -0.05) is 31.0 Å². The number of hydrogen-bond acceptors (Lipinski definition) is 4. The number of hydrogen-bond donors (Lipinski definition) is 2. The first-order chi connectivity index (χ1) is 13.2. The molecule has 6 heteroatoms. The van der Waals surface area contributed by atoms with Crippen LogP contribution in [-0.4, -0.2) is 23.9 Å². The molecule has 0 aliphatic heterocycles. The molecular formula is C21H24N2O3S. The second-order valence-corrected chi connectivity index (χ2v) is 7.74. The Morgan fingerprint density at radius 1 is 1.07 bits per heavy atom. The molecule has 0 heterocycles. The summed E-state index contributed by atoms with van der Waals surface area (Å²) < 4.78 is 4.87. The number of benzene rings is 2. The molecule has 0 atom stereocenters. The molecule has 0 spiro atoms. The van der Waals surface area contributed by atoms with E-state index in [0.717, 1.165) is 10.6 Å². The SMILES string of the molecule is CCOC(=O)Nc1cccc(C(=O)Nc2ccccc2SC2CCCC2)c1. The molecule has 27 heavy (non-hydrogen) atoms. The van der Waals surface area contributed by atoms with Crippen LogP contribution in [0, 0.1) is 0 Å². The van der Waals surface area contributed by atoms with Crippen LogP contribution in [0.1, 0.15) is 43.0 Å². The molecule has 2 amide bonds. The van der Waals surface area contributed by atoms with Gasteiger partial charge >= 0.3 is 6.09 Å². The summed E-state index contributed by atoms with van der Waals surface area (Å²) in [6, 6.07) is 14.7. The number of rotatable bonds is 6. The van der Waals surface area contributed by atoms with Crippen LogP contribution in [0.2, 0.25) is 0 Å². The van der Waals surface area contributed by atoms with Crippen molar-refractivity contribution in [2.45, 2.75) is 42.8 Å². The Hall–Kier alpha value is -2.47. The number of carbonyl (C=O) groups is 2. The predicted octanol–water partition coefficient (Wildman–Crippen LogP) is 5.54. The van der Waals surface area contributed by atoms with Gasteiger partial charge < -0.3 is 10.1 Å². The molecule has 0 saturated heterocycles. The summed E-state index contributed by atoms with van der Waals surface area (Å²) >= 11 is 1.84. The number of para-hydroxylation sites is 1. The second-order valence-electron chi connectivity index (χ2n) is 6.40. The maximum atomic E-state index is 12.7. The van der Waals surface area contributed by atoms with Gasteiger partial charge in [-0.15, -0.1) is 11.8 Å². The van der Waals surface area contributed by atoms with Gasteiger partial charge in [-0.05, 0) is 50.1 Å². The molecule has 1 aliphatic carbocycles. The van der Waals surface area contributed by atoms with Crippen LogP contribution in [0.4, 0.5) is 16.2 Å². The molecule has 2 N–H and O–H groups in total. The fraction of sp³-hybridized carbons (Fsp3) is 0.333. The number of anilines is 2. The highest BCUT2D eigenvalue weighted by molar-refractivity contribution is 8.00. The van der Waals surface area contributed by atoms with Crippen LogP contribution >= 0.6 is 11.8 Å². The zero-order valence-corrected chi connectivity index (χ0v) is 16.2. The molecule has 1 saturated carbocycles. The maximum absolute atomic E-state index is 12.7. The van der Waals surface area contributed by atoms with Crippen molar-refractivity contribution in [3.63, 3.8) is 0 Å². The largest absolute Gasteiger partial charge is 0.450 e. The Bertz CT molecular complexity index is 804. The Morgan fingerprint density at radius 2 is 1.85 bits per heavy atom. The summed E-state index contributed by atoms with van der Waals surface area (Å²) in [6.45, 7) is 2.03. The molecule has 0 unspecified atom stereocenters. The summed E-state index contributed by atoms with van der Waals surface area (Å²) in [5, 5.41) is 6.24. The van der Waals surface area contributed by atoms with Gasteiger partial charge in [0.2, 0.25) is 0 Å². The lowest BCUT2D eigenvalue weighted by Crippen LogP contribution is -2.15. The van der Waals surface area contributed by atoms with E-state index in [9.17, 15) is 9.59 Å². The Balaban J connectivity index is 1.69. The highest BCUT2D eigenvalue weighted by Crippen LogP contribution is 2.38. The minimum absolute atomic E-state index is 0.206. The fourth-order valence-corrected chi connectivity index (χ4v) is 4.41. The molecule has 0 bridgehead atoms. The normalized spacial score (nSPS) is 14.0. The van der Waals surface area contributed by atoms with Crippen molar-refractivity contribution >= 4 is 35.1 Å². The van der Waals surface area contributed by atoms with E-state index in [1.807, 2.05) is 30.0 Å². The molecule has 2 aromatic rings.